The fraction of sp³-hybridized carbons (Fsp3) is 0.273. The molecule has 0 bridgehead atoms. The summed E-state index contributed by atoms with van der Waals surface area (Å²) in [5.74, 6) is 1.90. The molecule has 0 spiro atoms. The molecule has 5 heteroatoms. The molecule has 1 heterocycles. The van der Waals surface area contributed by atoms with Gasteiger partial charge in [0.2, 0.25) is 0 Å². The van der Waals surface area contributed by atoms with E-state index in [2.05, 4.69) is 10.1 Å². The van der Waals surface area contributed by atoms with Crippen molar-refractivity contribution in [1.29, 1.82) is 0 Å². The molecule has 1 aliphatic carbocycles. The van der Waals surface area contributed by atoms with E-state index < -0.39 is 0 Å². The number of hydrogen-bond donors (Lipinski definition) is 1. The average Bonchev–Trinajstić information content (AvgIpc) is 2.97. The lowest BCUT2D eigenvalue weighted by Gasteiger charge is -1.94. The highest BCUT2D eigenvalue weighted by Gasteiger charge is 2.28. The van der Waals surface area contributed by atoms with E-state index in [-0.39, 0.29) is 12.4 Å². The fourth-order valence-electron chi connectivity index (χ4n) is 1.53. The Hall–Kier alpha value is -1.55. The monoisotopic (exact) mass is 237 g/mol. The Morgan fingerprint density at radius 2 is 2.12 bits per heavy atom. The van der Waals surface area contributed by atoms with Gasteiger partial charge in [0.05, 0.1) is 0 Å². The molecule has 84 valence electrons. The maximum Gasteiger partial charge on any atom is 0.258 e. The van der Waals surface area contributed by atoms with E-state index in [9.17, 15) is 0 Å². The number of nitrogens with zero attached hydrogens (tertiary/aromatic N) is 2. The molecule has 1 saturated carbocycles. The Morgan fingerprint density at radius 1 is 1.31 bits per heavy atom. The highest BCUT2D eigenvalue weighted by Crippen LogP contribution is 2.38. The van der Waals surface area contributed by atoms with Gasteiger partial charge < -0.3 is 10.3 Å². The lowest BCUT2D eigenvalue weighted by Crippen LogP contribution is -1.85. The van der Waals surface area contributed by atoms with Crippen LogP contribution in [0.25, 0.3) is 11.5 Å². The van der Waals surface area contributed by atoms with Crippen LogP contribution in [0.5, 0.6) is 0 Å². The Bertz CT molecular complexity index is 493. The summed E-state index contributed by atoms with van der Waals surface area (Å²) < 4.78 is 5.19. The van der Waals surface area contributed by atoms with Crippen molar-refractivity contribution in [2.24, 2.45) is 0 Å². The molecule has 1 aromatic carbocycles. The van der Waals surface area contributed by atoms with E-state index in [4.69, 9.17) is 10.3 Å². The van der Waals surface area contributed by atoms with Crippen LogP contribution in [-0.2, 0) is 0 Å². The standard InChI is InChI=1S/C11H11N3O.ClH/c12-9-3-1-2-8(6-9)11-13-10(14-15-11)7-4-5-7;/h1-3,6-7H,4-5,12H2;1H. The van der Waals surface area contributed by atoms with Gasteiger partial charge in [-0.1, -0.05) is 11.2 Å². The second-order valence-corrected chi connectivity index (χ2v) is 3.86. The summed E-state index contributed by atoms with van der Waals surface area (Å²) in [7, 11) is 0. The van der Waals surface area contributed by atoms with E-state index in [1.165, 1.54) is 12.8 Å². The smallest absolute Gasteiger partial charge is 0.258 e. The molecule has 1 fully saturated rings. The van der Waals surface area contributed by atoms with Crippen molar-refractivity contribution in [2.75, 3.05) is 5.73 Å². The van der Waals surface area contributed by atoms with Crippen molar-refractivity contribution in [1.82, 2.24) is 10.1 Å². The van der Waals surface area contributed by atoms with E-state index in [1.807, 2.05) is 24.3 Å². The molecular formula is C11H12ClN3O. The number of hydrogen-bond acceptors (Lipinski definition) is 4. The van der Waals surface area contributed by atoms with Crippen LogP contribution in [0, 0.1) is 0 Å². The van der Waals surface area contributed by atoms with Gasteiger partial charge >= 0.3 is 0 Å². The lowest BCUT2D eigenvalue weighted by atomic mass is 10.2. The first-order valence-electron chi connectivity index (χ1n) is 5.02. The van der Waals surface area contributed by atoms with Gasteiger partial charge in [0, 0.05) is 17.2 Å². The van der Waals surface area contributed by atoms with Crippen LogP contribution >= 0.6 is 12.4 Å². The predicted octanol–water partition coefficient (Wildman–Crippen LogP) is 2.62. The van der Waals surface area contributed by atoms with E-state index in [0.29, 0.717) is 17.5 Å². The van der Waals surface area contributed by atoms with Gasteiger partial charge in [0.1, 0.15) is 0 Å². The molecule has 2 aromatic rings. The summed E-state index contributed by atoms with van der Waals surface area (Å²) in [4.78, 5) is 4.35. The van der Waals surface area contributed by atoms with Gasteiger partial charge in [-0.15, -0.1) is 12.4 Å². The highest BCUT2D eigenvalue weighted by molar-refractivity contribution is 5.85. The number of rotatable bonds is 2. The first-order valence-corrected chi connectivity index (χ1v) is 5.02. The molecule has 0 unspecified atom stereocenters. The zero-order valence-corrected chi connectivity index (χ0v) is 9.41. The lowest BCUT2D eigenvalue weighted by molar-refractivity contribution is 0.422. The Morgan fingerprint density at radius 3 is 2.81 bits per heavy atom. The van der Waals surface area contributed by atoms with Gasteiger partial charge in [-0.2, -0.15) is 4.98 Å². The summed E-state index contributed by atoms with van der Waals surface area (Å²) in [5.41, 5.74) is 7.28. The maximum absolute atomic E-state index is 5.69. The van der Waals surface area contributed by atoms with Gasteiger partial charge in [0.15, 0.2) is 5.82 Å². The van der Waals surface area contributed by atoms with Gasteiger partial charge in [-0.05, 0) is 31.0 Å². The van der Waals surface area contributed by atoms with Gasteiger partial charge in [0.25, 0.3) is 5.89 Å². The van der Waals surface area contributed by atoms with Crippen LogP contribution in [0.4, 0.5) is 5.69 Å². The molecule has 2 N–H and O–H groups in total. The molecule has 0 aliphatic heterocycles. The van der Waals surface area contributed by atoms with Gasteiger partial charge in [-0.25, -0.2) is 0 Å². The second kappa shape index (κ2) is 4.14. The van der Waals surface area contributed by atoms with Crippen LogP contribution in [0.1, 0.15) is 24.6 Å². The molecule has 1 aliphatic rings. The van der Waals surface area contributed by atoms with Gasteiger partial charge in [-0.3, -0.25) is 0 Å². The largest absolute Gasteiger partial charge is 0.399 e. The van der Waals surface area contributed by atoms with E-state index >= 15 is 0 Å². The minimum atomic E-state index is 0. The second-order valence-electron chi connectivity index (χ2n) is 3.86. The molecule has 0 saturated heterocycles. The molecule has 4 nitrogen and oxygen atoms in total. The first-order chi connectivity index (χ1) is 7.33. The Kier molecular flexibility index (Phi) is 2.83. The Balaban J connectivity index is 0.000000963. The third-order valence-corrected chi connectivity index (χ3v) is 2.52. The molecule has 16 heavy (non-hydrogen) atoms. The number of nitrogens with two attached hydrogens (primary N) is 1. The summed E-state index contributed by atoms with van der Waals surface area (Å²) >= 11 is 0. The number of anilines is 1. The topological polar surface area (TPSA) is 64.9 Å². The molecule has 0 amide bonds. The number of aromatic nitrogens is 2. The zero-order chi connectivity index (χ0) is 10.3. The average molecular weight is 238 g/mol. The number of nitrogen functional groups attached to an aromatic ring is 1. The number of halogens is 1. The molecule has 0 atom stereocenters. The van der Waals surface area contributed by atoms with Crippen LogP contribution in [0.15, 0.2) is 28.8 Å². The Labute approximate surface area is 99.3 Å². The van der Waals surface area contributed by atoms with Crippen molar-refractivity contribution in [3.05, 3.63) is 30.1 Å². The molecule has 0 radical (unpaired) electrons. The van der Waals surface area contributed by atoms with Crippen LogP contribution in [0.2, 0.25) is 0 Å². The van der Waals surface area contributed by atoms with Crippen molar-refractivity contribution >= 4 is 18.1 Å². The summed E-state index contributed by atoms with van der Waals surface area (Å²) in [5, 5.41) is 3.96. The van der Waals surface area contributed by atoms with Crippen molar-refractivity contribution in [2.45, 2.75) is 18.8 Å². The molecule has 3 rings (SSSR count). The summed E-state index contributed by atoms with van der Waals surface area (Å²) in [6, 6.07) is 7.47. The third-order valence-electron chi connectivity index (χ3n) is 2.52. The van der Waals surface area contributed by atoms with Crippen molar-refractivity contribution in [3.63, 3.8) is 0 Å². The van der Waals surface area contributed by atoms with E-state index in [0.717, 1.165) is 11.4 Å². The van der Waals surface area contributed by atoms with Crippen LogP contribution in [-0.4, -0.2) is 10.1 Å². The SMILES string of the molecule is Cl.Nc1cccc(-c2nc(C3CC3)no2)c1. The van der Waals surface area contributed by atoms with E-state index in [1.54, 1.807) is 0 Å². The fourth-order valence-corrected chi connectivity index (χ4v) is 1.53. The summed E-state index contributed by atoms with van der Waals surface area (Å²) in [6.45, 7) is 0. The quantitative estimate of drug-likeness (QED) is 0.816. The zero-order valence-electron chi connectivity index (χ0n) is 8.59. The minimum absolute atomic E-state index is 0. The van der Waals surface area contributed by atoms with Crippen LogP contribution in [0.3, 0.4) is 0 Å². The molecule has 1 aromatic heterocycles. The first kappa shape index (κ1) is 11.0. The highest BCUT2D eigenvalue weighted by atomic mass is 35.5. The third kappa shape index (κ3) is 2.02. The van der Waals surface area contributed by atoms with Crippen LogP contribution < -0.4 is 5.73 Å². The normalized spacial score (nSPS) is 14.5. The number of benzene rings is 1. The van der Waals surface area contributed by atoms with Crippen molar-refractivity contribution in [3.8, 4) is 11.5 Å². The summed E-state index contributed by atoms with van der Waals surface area (Å²) in [6.07, 6.45) is 2.35. The minimum Gasteiger partial charge on any atom is -0.399 e. The maximum atomic E-state index is 5.69. The van der Waals surface area contributed by atoms with Crippen molar-refractivity contribution < 1.29 is 4.52 Å². The molecular weight excluding hydrogens is 226 g/mol. The predicted molar refractivity (Wildman–Crippen MR) is 63.4 cm³/mol.